The van der Waals surface area contributed by atoms with Crippen LogP contribution < -0.4 is 11.5 Å². The van der Waals surface area contributed by atoms with Gasteiger partial charge in [-0.15, -0.1) is 0 Å². The van der Waals surface area contributed by atoms with Crippen LogP contribution >= 0.6 is 67.8 Å². The molecule has 0 aliphatic heterocycles. The summed E-state index contributed by atoms with van der Waals surface area (Å²) in [6.45, 7) is 0. The number of anilines is 2. The molecule has 0 spiro atoms. The molecule has 2 aromatic carbocycles. The summed E-state index contributed by atoms with van der Waals surface area (Å²) < 4.78 is 0.924. The van der Waals surface area contributed by atoms with Crippen LogP contribution in [0.15, 0.2) is 18.2 Å². The molecule has 30 heavy (non-hydrogen) atoms. The summed E-state index contributed by atoms with van der Waals surface area (Å²) >= 11 is 5.32. The molecule has 2 aromatic rings. The van der Waals surface area contributed by atoms with E-state index in [0.29, 0.717) is 7.14 Å². The highest BCUT2D eigenvalue weighted by Gasteiger charge is 2.26. The van der Waals surface area contributed by atoms with Crippen LogP contribution in [0.5, 0.6) is 0 Å². The van der Waals surface area contributed by atoms with Crippen LogP contribution in [0.25, 0.3) is 0 Å². The monoisotopic (exact) mass is 759 g/mol. The van der Waals surface area contributed by atoms with Crippen molar-refractivity contribution < 1.29 is 46.5 Å². The van der Waals surface area contributed by atoms with E-state index < -0.39 is 23.9 Å². The normalized spacial score (nSPS) is 9.57. The molecule has 0 aliphatic carbocycles. The number of hydrogen-bond acceptors (Lipinski definition) is 6. The van der Waals surface area contributed by atoms with Gasteiger partial charge < -0.3 is 37.4 Å². The zero-order valence-corrected chi connectivity index (χ0v) is 20.9. The zero-order chi connectivity index (χ0) is 22.6. The van der Waals surface area contributed by atoms with Crippen LogP contribution in [-0.2, 0) is 0 Å². The number of aromatic carboxylic acids is 4. The highest BCUT2D eigenvalue weighted by atomic mass is 127. The lowest BCUT2D eigenvalue weighted by atomic mass is 10.1. The molecule has 162 valence electrons. The molecule has 0 radical (unpaired) electrons. The van der Waals surface area contributed by atoms with Crippen LogP contribution in [0.4, 0.5) is 11.4 Å². The van der Waals surface area contributed by atoms with Crippen LogP contribution in [0.3, 0.4) is 0 Å². The molecule has 0 saturated heterocycles. The summed E-state index contributed by atoms with van der Waals surface area (Å²) in [6, 6.07) is 3.46. The summed E-state index contributed by atoms with van der Waals surface area (Å²) in [5.74, 6) is -4.76. The Morgan fingerprint density at radius 2 is 1.00 bits per heavy atom. The summed E-state index contributed by atoms with van der Waals surface area (Å²) in [7, 11) is 0. The first kappa shape index (κ1) is 28.1. The lowest BCUT2D eigenvalue weighted by molar-refractivity contribution is 0.0674. The number of carboxylic acid groups (broad SMARTS) is 4. The molecule has 0 aromatic heterocycles. The molecule has 0 aliphatic rings. The largest absolute Gasteiger partial charge is 1.00 e. The first-order valence-electron chi connectivity index (χ1n) is 7.09. The predicted molar refractivity (Wildman–Crippen MR) is 132 cm³/mol. The summed E-state index contributed by atoms with van der Waals surface area (Å²) in [6.07, 6.45) is 0. The van der Waals surface area contributed by atoms with E-state index in [1.54, 1.807) is 67.8 Å². The topological polar surface area (TPSA) is 233 Å². The Morgan fingerprint density at radius 3 is 1.27 bits per heavy atom. The van der Waals surface area contributed by atoms with E-state index >= 15 is 0 Å². The van der Waals surface area contributed by atoms with Gasteiger partial charge in [0.2, 0.25) is 0 Å². The maximum atomic E-state index is 11.0. The predicted octanol–water partition coefficient (Wildman–Crippen LogP) is 2.43. The number of nitrogens with two attached hydrogens (primary N) is 2. The van der Waals surface area contributed by atoms with Crippen molar-refractivity contribution in [2.45, 2.75) is 0 Å². The molecule has 0 fully saturated rings. The number of benzene rings is 2. The van der Waals surface area contributed by atoms with Crippen molar-refractivity contribution in [1.29, 1.82) is 0 Å². The van der Waals surface area contributed by atoms with E-state index in [1.165, 1.54) is 12.1 Å². The first-order valence-corrected chi connectivity index (χ1v) is 10.3. The Bertz CT molecular complexity index is 974. The number of carbonyl (C=O) groups is 4. The minimum atomic E-state index is -1.20. The third-order valence-electron chi connectivity index (χ3n) is 3.23. The Balaban J connectivity index is 0. The number of carboxylic acids is 4. The van der Waals surface area contributed by atoms with Gasteiger partial charge in [-0.05, 0) is 86.0 Å². The van der Waals surface area contributed by atoms with Crippen molar-refractivity contribution in [3.05, 3.63) is 51.2 Å². The van der Waals surface area contributed by atoms with Gasteiger partial charge in [0.05, 0.1) is 35.1 Å². The molecule has 0 atom stereocenters. The fraction of sp³-hybridized carbons (Fsp3) is 0. The number of nitrogen functional groups attached to an aromatic ring is 2. The fourth-order valence-corrected chi connectivity index (χ4v) is 6.05. The SMILES string of the molecule is Nc1c(I)c(C(=O)O)c(I)c(C(=O)O)c1I.Nc1cc(C(=O)O)cc(C(=O)O)c1.O.[H+]. The molecule has 0 unspecified atom stereocenters. The van der Waals surface area contributed by atoms with Gasteiger partial charge in [0.25, 0.3) is 0 Å². The van der Waals surface area contributed by atoms with Crippen LogP contribution in [-0.4, -0.2) is 49.8 Å². The van der Waals surface area contributed by atoms with Gasteiger partial charge in [0.15, 0.2) is 0 Å². The lowest BCUT2D eigenvalue weighted by Crippen LogP contribution is -2.14. The van der Waals surface area contributed by atoms with E-state index in [-0.39, 0.29) is 44.1 Å². The second kappa shape index (κ2) is 11.5. The van der Waals surface area contributed by atoms with Crippen molar-refractivity contribution in [3.63, 3.8) is 0 Å². The number of hydrogen-bond donors (Lipinski definition) is 6. The molecule has 11 nitrogen and oxygen atoms in total. The molecule has 0 amide bonds. The minimum Gasteiger partial charge on any atom is -0.478 e. The maximum absolute atomic E-state index is 11.0. The quantitative estimate of drug-likeness (QED) is 0.197. The van der Waals surface area contributed by atoms with Gasteiger partial charge in [-0.25, -0.2) is 19.2 Å². The van der Waals surface area contributed by atoms with Crippen molar-refractivity contribution in [2.75, 3.05) is 11.5 Å². The van der Waals surface area contributed by atoms with Crippen LogP contribution in [0.2, 0.25) is 0 Å². The van der Waals surface area contributed by atoms with Gasteiger partial charge in [0, 0.05) is 9.26 Å². The maximum Gasteiger partial charge on any atom is 1.00 e. The molecule has 0 saturated carbocycles. The lowest BCUT2D eigenvalue weighted by Gasteiger charge is -2.12. The van der Waals surface area contributed by atoms with Gasteiger partial charge in [-0.3, -0.25) is 0 Å². The van der Waals surface area contributed by atoms with E-state index in [9.17, 15) is 19.2 Å². The second-order valence-electron chi connectivity index (χ2n) is 5.17. The van der Waals surface area contributed by atoms with Crippen molar-refractivity contribution >= 4 is 103 Å². The van der Waals surface area contributed by atoms with E-state index in [2.05, 4.69) is 0 Å². The highest BCUT2D eigenvalue weighted by Crippen LogP contribution is 2.33. The average molecular weight is 759 g/mol. The smallest absolute Gasteiger partial charge is 0.478 e. The molecule has 10 N–H and O–H groups in total. The molecule has 2 rings (SSSR count). The van der Waals surface area contributed by atoms with Crippen LogP contribution in [0.1, 0.15) is 42.9 Å². The molecular weight excluding hydrogens is 745 g/mol. The third kappa shape index (κ3) is 6.54. The highest BCUT2D eigenvalue weighted by molar-refractivity contribution is 14.1. The van der Waals surface area contributed by atoms with Crippen molar-refractivity contribution in [1.82, 2.24) is 0 Å². The Hall–Kier alpha value is -1.93. The van der Waals surface area contributed by atoms with Gasteiger partial charge in [-0.2, -0.15) is 0 Å². The third-order valence-corrected chi connectivity index (χ3v) is 6.55. The van der Waals surface area contributed by atoms with Gasteiger partial charge in [0.1, 0.15) is 0 Å². The molecular formula is C16H14I3N2O9+. The minimum absolute atomic E-state index is 0. The Labute approximate surface area is 210 Å². The Kier molecular flexibility index (Phi) is 10.7. The Morgan fingerprint density at radius 1 is 0.667 bits per heavy atom. The van der Waals surface area contributed by atoms with Crippen LogP contribution in [0, 0.1) is 10.7 Å². The van der Waals surface area contributed by atoms with Gasteiger partial charge >= 0.3 is 25.3 Å². The average Bonchev–Trinajstić information content (AvgIpc) is 2.59. The van der Waals surface area contributed by atoms with E-state index in [4.69, 9.17) is 31.9 Å². The summed E-state index contributed by atoms with van der Waals surface area (Å²) in [5.41, 5.74) is 10.9. The fourth-order valence-electron chi connectivity index (χ4n) is 1.96. The van der Waals surface area contributed by atoms with Crippen molar-refractivity contribution in [2.24, 2.45) is 0 Å². The summed E-state index contributed by atoms with van der Waals surface area (Å²) in [5, 5.41) is 35.1. The summed E-state index contributed by atoms with van der Waals surface area (Å²) in [4.78, 5) is 43.0. The number of halogens is 3. The number of rotatable bonds is 4. The van der Waals surface area contributed by atoms with E-state index in [1.807, 2.05) is 0 Å². The molecule has 14 heteroatoms. The zero-order valence-electron chi connectivity index (χ0n) is 15.4. The molecule has 0 heterocycles. The standard InChI is InChI=1S/C8H4I3NO4.C8H7NO4.H2O/c9-3-1(7(13)14)4(10)6(12)5(11)2(3)8(15)16;9-6-2-4(7(10)11)1-5(3-6)8(12)13;/h12H2,(H,13,14)(H,15,16);1-3H,9H2,(H,10,11)(H,12,13);1H2/p+1. The van der Waals surface area contributed by atoms with E-state index in [0.717, 1.165) is 6.07 Å². The van der Waals surface area contributed by atoms with Gasteiger partial charge in [-0.1, -0.05) is 0 Å². The first-order chi connectivity index (χ1) is 13.3. The molecule has 0 bridgehead atoms. The van der Waals surface area contributed by atoms with Crippen molar-refractivity contribution in [3.8, 4) is 0 Å². The second-order valence-corrected chi connectivity index (χ2v) is 8.41.